The summed E-state index contributed by atoms with van der Waals surface area (Å²) in [5.74, 6) is 0.0407. The number of non-ortho nitro benzene ring substituents is 1. The Hall–Kier alpha value is -1.99. The van der Waals surface area contributed by atoms with Gasteiger partial charge in [0.15, 0.2) is 0 Å². The van der Waals surface area contributed by atoms with E-state index in [2.05, 4.69) is 4.90 Å². The highest BCUT2D eigenvalue weighted by Crippen LogP contribution is 2.31. The zero-order chi connectivity index (χ0) is 16.6. The average molecular weight is 319 g/mol. The van der Waals surface area contributed by atoms with Gasteiger partial charge in [-0.15, -0.1) is 0 Å². The van der Waals surface area contributed by atoms with Crippen LogP contribution >= 0.6 is 0 Å². The van der Waals surface area contributed by atoms with Crippen molar-refractivity contribution >= 4 is 17.3 Å². The van der Waals surface area contributed by atoms with Gasteiger partial charge in [-0.2, -0.15) is 0 Å². The summed E-state index contributed by atoms with van der Waals surface area (Å²) >= 11 is 0. The number of nitrogens with zero attached hydrogens (tertiary/aromatic N) is 3. The Labute approximate surface area is 135 Å². The predicted molar refractivity (Wildman–Crippen MR) is 85.6 cm³/mol. The average Bonchev–Trinajstić information content (AvgIpc) is 2.88. The van der Waals surface area contributed by atoms with E-state index in [1.54, 1.807) is 17.0 Å². The van der Waals surface area contributed by atoms with Gasteiger partial charge in [-0.05, 0) is 31.9 Å². The molecule has 2 unspecified atom stereocenters. The van der Waals surface area contributed by atoms with Crippen LogP contribution < -0.4 is 4.90 Å². The van der Waals surface area contributed by atoms with Crippen molar-refractivity contribution in [2.75, 3.05) is 31.1 Å². The van der Waals surface area contributed by atoms with Crippen molar-refractivity contribution in [3.8, 4) is 0 Å². The fourth-order valence-corrected chi connectivity index (χ4v) is 3.45. The lowest BCUT2D eigenvalue weighted by Gasteiger charge is -2.35. The lowest BCUT2D eigenvalue weighted by molar-refractivity contribution is -0.384. The molecule has 7 nitrogen and oxygen atoms in total. The first kappa shape index (κ1) is 15.9. The van der Waals surface area contributed by atoms with E-state index in [1.807, 2.05) is 13.8 Å². The van der Waals surface area contributed by atoms with Crippen LogP contribution in [0.5, 0.6) is 0 Å². The van der Waals surface area contributed by atoms with E-state index < -0.39 is 4.92 Å². The van der Waals surface area contributed by atoms with Crippen LogP contribution in [0.1, 0.15) is 19.4 Å². The maximum atomic E-state index is 12.6. The van der Waals surface area contributed by atoms with E-state index in [1.165, 1.54) is 6.07 Å². The third-order valence-electron chi connectivity index (χ3n) is 4.32. The van der Waals surface area contributed by atoms with Crippen LogP contribution in [0.4, 0.5) is 11.4 Å². The molecule has 2 aliphatic heterocycles. The first-order valence-electron chi connectivity index (χ1n) is 7.89. The van der Waals surface area contributed by atoms with Crippen molar-refractivity contribution in [3.05, 3.63) is 33.9 Å². The summed E-state index contributed by atoms with van der Waals surface area (Å²) in [4.78, 5) is 26.9. The molecule has 2 atom stereocenters. The molecule has 0 N–H and O–H groups in total. The molecule has 1 saturated heterocycles. The van der Waals surface area contributed by atoms with Gasteiger partial charge in [0.05, 0.1) is 23.7 Å². The molecule has 1 aromatic rings. The summed E-state index contributed by atoms with van der Waals surface area (Å²) in [6, 6.07) is 4.72. The molecule has 23 heavy (non-hydrogen) atoms. The molecule has 1 aromatic carbocycles. The number of carbonyl (C=O) groups is 1. The number of fused-ring (bicyclic) bond motifs is 1. The van der Waals surface area contributed by atoms with Crippen molar-refractivity contribution in [2.24, 2.45) is 0 Å². The lowest BCUT2D eigenvalue weighted by atomic mass is 10.1. The normalized spacial score (nSPS) is 24.5. The maximum absolute atomic E-state index is 12.6. The molecule has 1 amide bonds. The van der Waals surface area contributed by atoms with Gasteiger partial charge < -0.3 is 9.64 Å². The Kier molecular flexibility index (Phi) is 4.32. The second-order valence-corrected chi connectivity index (χ2v) is 6.32. The van der Waals surface area contributed by atoms with Gasteiger partial charge in [-0.25, -0.2) is 0 Å². The molecule has 124 valence electrons. The van der Waals surface area contributed by atoms with Crippen molar-refractivity contribution < 1.29 is 14.5 Å². The van der Waals surface area contributed by atoms with Crippen LogP contribution in [-0.4, -0.2) is 54.1 Å². The van der Waals surface area contributed by atoms with Gasteiger partial charge in [-0.1, -0.05) is 0 Å². The van der Waals surface area contributed by atoms with Gasteiger partial charge in [0.1, 0.15) is 0 Å². The second-order valence-electron chi connectivity index (χ2n) is 6.32. The molecule has 0 spiro atoms. The van der Waals surface area contributed by atoms with E-state index in [9.17, 15) is 14.9 Å². The van der Waals surface area contributed by atoms with E-state index in [0.29, 0.717) is 19.5 Å². The molecule has 7 heteroatoms. The van der Waals surface area contributed by atoms with Crippen LogP contribution in [0.3, 0.4) is 0 Å². The Balaban J connectivity index is 1.69. The standard InChI is InChI=1S/C16H21N3O4/c1-11-8-17(9-12(2)23-11)10-16(20)18-6-5-13-7-14(19(21)22)3-4-15(13)18/h3-4,7,11-12H,5-6,8-10H2,1-2H3. The number of rotatable bonds is 3. The molecule has 0 radical (unpaired) electrons. The SMILES string of the molecule is CC1CN(CC(=O)N2CCc3cc([N+](=O)[O-])ccc32)CC(C)O1. The highest BCUT2D eigenvalue weighted by atomic mass is 16.6. The monoisotopic (exact) mass is 319 g/mol. The Bertz CT molecular complexity index is 624. The molecule has 0 bridgehead atoms. The number of nitro benzene ring substituents is 1. The molecule has 2 aliphatic rings. The number of carbonyl (C=O) groups excluding carboxylic acids is 1. The van der Waals surface area contributed by atoms with Crippen molar-refractivity contribution in [2.45, 2.75) is 32.5 Å². The van der Waals surface area contributed by atoms with E-state index in [-0.39, 0.29) is 23.8 Å². The van der Waals surface area contributed by atoms with Crippen molar-refractivity contribution in [3.63, 3.8) is 0 Å². The third-order valence-corrected chi connectivity index (χ3v) is 4.32. The first-order valence-corrected chi connectivity index (χ1v) is 7.89. The topological polar surface area (TPSA) is 75.9 Å². The minimum atomic E-state index is -0.402. The zero-order valence-electron chi connectivity index (χ0n) is 13.4. The van der Waals surface area contributed by atoms with Gasteiger partial charge in [0.25, 0.3) is 5.69 Å². The smallest absolute Gasteiger partial charge is 0.269 e. The highest BCUT2D eigenvalue weighted by molar-refractivity contribution is 5.97. The summed E-state index contributed by atoms with van der Waals surface area (Å²) in [5, 5.41) is 10.8. The third kappa shape index (κ3) is 3.35. The fraction of sp³-hybridized carbons (Fsp3) is 0.562. The number of nitro groups is 1. The largest absolute Gasteiger partial charge is 0.373 e. The number of hydrogen-bond donors (Lipinski definition) is 0. The molecular formula is C16H21N3O4. The van der Waals surface area contributed by atoms with Crippen molar-refractivity contribution in [1.82, 2.24) is 4.90 Å². The number of morpholine rings is 1. The summed E-state index contributed by atoms with van der Waals surface area (Å²) in [6.07, 6.45) is 0.915. The predicted octanol–water partition coefficient (Wildman–Crippen LogP) is 1.59. The van der Waals surface area contributed by atoms with E-state index in [0.717, 1.165) is 24.3 Å². The molecule has 3 rings (SSSR count). The summed E-state index contributed by atoms with van der Waals surface area (Å²) in [6.45, 7) is 6.46. The lowest BCUT2D eigenvalue weighted by Crippen LogP contribution is -2.49. The number of hydrogen-bond acceptors (Lipinski definition) is 5. The minimum absolute atomic E-state index is 0.0407. The van der Waals surface area contributed by atoms with Crippen molar-refractivity contribution in [1.29, 1.82) is 0 Å². The number of amides is 1. The Morgan fingerprint density at radius 2 is 2.04 bits per heavy atom. The van der Waals surface area contributed by atoms with Crippen LogP contribution in [0.25, 0.3) is 0 Å². The van der Waals surface area contributed by atoms with Crippen LogP contribution in [0.15, 0.2) is 18.2 Å². The summed E-state index contributed by atoms with van der Waals surface area (Å²) in [7, 11) is 0. The highest BCUT2D eigenvalue weighted by Gasteiger charge is 2.29. The van der Waals surface area contributed by atoms with Gasteiger partial charge in [-0.3, -0.25) is 19.8 Å². The van der Waals surface area contributed by atoms with Gasteiger partial charge >= 0.3 is 0 Å². The molecule has 2 heterocycles. The minimum Gasteiger partial charge on any atom is -0.373 e. The van der Waals surface area contributed by atoms with Gasteiger partial charge in [0, 0.05) is 37.5 Å². The first-order chi connectivity index (χ1) is 10.9. The maximum Gasteiger partial charge on any atom is 0.269 e. The summed E-state index contributed by atoms with van der Waals surface area (Å²) in [5.41, 5.74) is 1.75. The van der Waals surface area contributed by atoms with Crippen LogP contribution in [0.2, 0.25) is 0 Å². The molecule has 1 fully saturated rings. The zero-order valence-corrected chi connectivity index (χ0v) is 13.4. The molecule has 0 aromatic heterocycles. The quantitative estimate of drug-likeness (QED) is 0.625. The van der Waals surface area contributed by atoms with E-state index in [4.69, 9.17) is 4.74 Å². The van der Waals surface area contributed by atoms with Gasteiger partial charge in [0.2, 0.25) is 5.91 Å². The molecular weight excluding hydrogens is 298 g/mol. The van der Waals surface area contributed by atoms with Crippen LogP contribution in [0, 0.1) is 10.1 Å². The fourth-order valence-electron chi connectivity index (χ4n) is 3.45. The number of ether oxygens (including phenoxy) is 1. The molecule has 0 saturated carbocycles. The molecule has 0 aliphatic carbocycles. The summed E-state index contributed by atoms with van der Waals surface area (Å²) < 4.78 is 5.68. The van der Waals surface area contributed by atoms with Crippen LogP contribution in [-0.2, 0) is 16.0 Å². The number of benzene rings is 1. The second kappa shape index (κ2) is 6.25. The Morgan fingerprint density at radius 3 is 2.70 bits per heavy atom. The number of anilines is 1. The van der Waals surface area contributed by atoms with E-state index >= 15 is 0 Å². The Morgan fingerprint density at radius 1 is 1.35 bits per heavy atom.